The molecule has 0 bridgehead atoms. The summed E-state index contributed by atoms with van der Waals surface area (Å²) in [6.45, 7) is 6.32. The molecule has 0 atom stereocenters. The number of rotatable bonds is 3. The molecule has 0 unspecified atom stereocenters. The van der Waals surface area contributed by atoms with Crippen molar-refractivity contribution in [2.24, 2.45) is 0 Å². The second kappa shape index (κ2) is 6.84. The summed E-state index contributed by atoms with van der Waals surface area (Å²) < 4.78 is 0. The maximum atomic E-state index is 10.3. The van der Waals surface area contributed by atoms with Crippen molar-refractivity contribution in [3.8, 4) is 5.75 Å². The Bertz CT molecular complexity index is 746. The molecule has 1 fully saturated rings. The molecular formula is C21H28N2O. The van der Waals surface area contributed by atoms with Gasteiger partial charge in [-0.25, -0.2) is 0 Å². The SMILES string of the molecule is Cc1cc(N)c(C)c(C)c1Cc1ccc(O)c(C2CCCCC2)n1. The Kier molecular flexibility index (Phi) is 4.79. The third-order valence-corrected chi connectivity index (χ3v) is 5.61. The Labute approximate surface area is 144 Å². The quantitative estimate of drug-likeness (QED) is 0.787. The van der Waals surface area contributed by atoms with E-state index in [1.54, 1.807) is 0 Å². The van der Waals surface area contributed by atoms with Crippen LogP contribution < -0.4 is 5.73 Å². The predicted octanol–water partition coefficient (Wildman–Crippen LogP) is 4.93. The van der Waals surface area contributed by atoms with Crippen LogP contribution in [0.5, 0.6) is 5.75 Å². The van der Waals surface area contributed by atoms with Gasteiger partial charge in [0.1, 0.15) is 5.75 Å². The van der Waals surface area contributed by atoms with Crippen molar-refractivity contribution in [1.29, 1.82) is 0 Å². The minimum Gasteiger partial charge on any atom is -0.506 e. The van der Waals surface area contributed by atoms with Gasteiger partial charge >= 0.3 is 0 Å². The van der Waals surface area contributed by atoms with Gasteiger partial charge in [-0.15, -0.1) is 0 Å². The summed E-state index contributed by atoms with van der Waals surface area (Å²) in [4.78, 5) is 4.84. The lowest BCUT2D eigenvalue weighted by molar-refractivity contribution is 0.405. The standard InChI is InChI=1S/C21H28N2O/c1-13-11-19(22)15(3)14(2)18(13)12-17-9-10-20(24)21(23-17)16-7-5-4-6-8-16/h9-11,16,24H,4-8,12,22H2,1-3H3. The zero-order valence-electron chi connectivity index (χ0n) is 15.0. The molecule has 3 nitrogen and oxygen atoms in total. The molecule has 1 aliphatic carbocycles. The Morgan fingerprint density at radius 3 is 2.50 bits per heavy atom. The monoisotopic (exact) mass is 324 g/mol. The summed E-state index contributed by atoms with van der Waals surface area (Å²) in [5.41, 5.74) is 13.8. The van der Waals surface area contributed by atoms with Gasteiger partial charge in [-0.1, -0.05) is 19.3 Å². The number of aromatic nitrogens is 1. The highest BCUT2D eigenvalue weighted by Gasteiger charge is 2.21. The summed E-state index contributed by atoms with van der Waals surface area (Å²) in [5, 5.41) is 10.3. The number of nitrogens with zero attached hydrogens (tertiary/aromatic N) is 1. The van der Waals surface area contributed by atoms with Crippen molar-refractivity contribution in [2.45, 2.75) is 65.2 Å². The average molecular weight is 324 g/mol. The van der Waals surface area contributed by atoms with E-state index in [0.717, 1.165) is 41.9 Å². The van der Waals surface area contributed by atoms with Crippen LogP contribution >= 0.6 is 0 Å². The van der Waals surface area contributed by atoms with Crippen LogP contribution in [0.3, 0.4) is 0 Å². The van der Waals surface area contributed by atoms with Crippen molar-refractivity contribution >= 4 is 5.69 Å². The van der Waals surface area contributed by atoms with Crippen LogP contribution in [0.1, 0.15) is 71.7 Å². The maximum Gasteiger partial charge on any atom is 0.137 e. The predicted molar refractivity (Wildman–Crippen MR) is 99.6 cm³/mol. The van der Waals surface area contributed by atoms with E-state index in [-0.39, 0.29) is 0 Å². The largest absolute Gasteiger partial charge is 0.506 e. The number of anilines is 1. The summed E-state index contributed by atoms with van der Waals surface area (Å²) >= 11 is 0. The molecule has 0 saturated heterocycles. The zero-order valence-corrected chi connectivity index (χ0v) is 15.0. The van der Waals surface area contributed by atoms with Crippen LogP contribution in [0.2, 0.25) is 0 Å². The summed E-state index contributed by atoms with van der Waals surface area (Å²) in [7, 11) is 0. The Morgan fingerprint density at radius 2 is 1.79 bits per heavy atom. The highest BCUT2D eigenvalue weighted by Crippen LogP contribution is 2.36. The molecule has 1 saturated carbocycles. The minimum atomic E-state index is 0.354. The average Bonchev–Trinajstić information content (AvgIpc) is 2.59. The lowest BCUT2D eigenvalue weighted by atomic mass is 9.86. The summed E-state index contributed by atoms with van der Waals surface area (Å²) in [6, 6.07) is 5.83. The van der Waals surface area contributed by atoms with Crippen molar-refractivity contribution in [1.82, 2.24) is 4.98 Å². The normalized spacial score (nSPS) is 15.6. The van der Waals surface area contributed by atoms with E-state index in [4.69, 9.17) is 10.7 Å². The van der Waals surface area contributed by atoms with Crippen LogP contribution in [0.25, 0.3) is 0 Å². The van der Waals surface area contributed by atoms with E-state index >= 15 is 0 Å². The van der Waals surface area contributed by atoms with Crippen molar-refractivity contribution in [3.05, 3.63) is 51.8 Å². The number of pyridine rings is 1. The molecule has 1 aromatic heterocycles. The number of hydrogen-bond acceptors (Lipinski definition) is 3. The molecule has 0 aliphatic heterocycles. The van der Waals surface area contributed by atoms with E-state index in [1.165, 1.54) is 36.0 Å². The summed E-state index contributed by atoms with van der Waals surface area (Å²) in [6.07, 6.45) is 6.86. The molecule has 2 aromatic rings. The van der Waals surface area contributed by atoms with Gasteiger partial charge in [0.2, 0.25) is 0 Å². The first-order chi connectivity index (χ1) is 11.5. The van der Waals surface area contributed by atoms with Gasteiger partial charge in [0.15, 0.2) is 0 Å². The van der Waals surface area contributed by atoms with Gasteiger partial charge in [0.05, 0.1) is 5.69 Å². The van der Waals surface area contributed by atoms with Crippen molar-refractivity contribution < 1.29 is 5.11 Å². The van der Waals surface area contributed by atoms with Crippen LogP contribution in [-0.2, 0) is 6.42 Å². The van der Waals surface area contributed by atoms with Gasteiger partial charge in [-0.3, -0.25) is 4.98 Å². The highest BCUT2D eigenvalue weighted by atomic mass is 16.3. The topological polar surface area (TPSA) is 59.1 Å². The first kappa shape index (κ1) is 16.8. The molecule has 1 aromatic carbocycles. The van der Waals surface area contributed by atoms with Gasteiger partial charge in [0.25, 0.3) is 0 Å². The lowest BCUT2D eigenvalue weighted by Crippen LogP contribution is -2.09. The highest BCUT2D eigenvalue weighted by molar-refractivity contribution is 5.56. The van der Waals surface area contributed by atoms with Gasteiger partial charge in [0, 0.05) is 23.7 Å². The van der Waals surface area contributed by atoms with Crippen LogP contribution in [-0.4, -0.2) is 10.1 Å². The Balaban J connectivity index is 1.93. The van der Waals surface area contributed by atoms with Crippen molar-refractivity contribution in [2.75, 3.05) is 5.73 Å². The number of nitrogens with two attached hydrogens (primary N) is 1. The summed E-state index contributed by atoms with van der Waals surface area (Å²) in [5.74, 6) is 0.765. The maximum absolute atomic E-state index is 10.3. The molecule has 0 spiro atoms. The molecule has 1 heterocycles. The third-order valence-electron chi connectivity index (χ3n) is 5.61. The van der Waals surface area contributed by atoms with Gasteiger partial charge < -0.3 is 10.8 Å². The first-order valence-electron chi connectivity index (χ1n) is 9.01. The smallest absolute Gasteiger partial charge is 0.137 e. The van der Waals surface area contributed by atoms with E-state index < -0.39 is 0 Å². The van der Waals surface area contributed by atoms with E-state index in [1.807, 2.05) is 12.1 Å². The fourth-order valence-electron chi connectivity index (χ4n) is 3.91. The van der Waals surface area contributed by atoms with Gasteiger partial charge in [-0.05, 0) is 74.1 Å². The minimum absolute atomic E-state index is 0.354. The van der Waals surface area contributed by atoms with E-state index in [9.17, 15) is 5.11 Å². The molecule has 3 rings (SSSR count). The molecule has 0 amide bonds. The van der Waals surface area contributed by atoms with E-state index in [0.29, 0.717) is 11.7 Å². The fourth-order valence-corrected chi connectivity index (χ4v) is 3.91. The number of nitrogen functional groups attached to an aromatic ring is 1. The molecule has 3 N–H and O–H groups in total. The fraction of sp³-hybridized carbons (Fsp3) is 0.476. The molecule has 0 radical (unpaired) electrons. The van der Waals surface area contributed by atoms with Crippen LogP contribution in [0.4, 0.5) is 5.69 Å². The number of benzene rings is 1. The molecule has 1 aliphatic rings. The zero-order chi connectivity index (χ0) is 17.3. The second-order valence-corrected chi connectivity index (χ2v) is 7.23. The Hall–Kier alpha value is -2.03. The lowest BCUT2D eigenvalue weighted by Gasteiger charge is -2.22. The van der Waals surface area contributed by atoms with Crippen LogP contribution in [0.15, 0.2) is 18.2 Å². The van der Waals surface area contributed by atoms with Crippen molar-refractivity contribution in [3.63, 3.8) is 0 Å². The number of hydrogen-bond donors (Lipinski definition) is 2. The van der Waals surface area contributed by atoms with E-state index in [2.05, 4.69) is 26.8 Å². The van der Waals surface area contributed by atoms with Crippen LogP contribution in [0, 0.1) is 20.8 Å². The molecule has 3 heteroatoms. The number of aryl methyl sites for hydroxylation is 1. The second-order valence-electron chi connectivity index (χ2n) is 7.23. The number of aromatic hydroxyl groups is 1. The molecular weight excluding hydrogens is 296 g/mol. The van der Waals surface area contributed by atoms with Gasteiger partial charge in [-0.2, -0.15) is 0 Å². The third kappa shape index (κ3) is 3.26. The molecule has 24 heavy (non-hydrogen) atoms. The Morgan fingerprint density at radius 1 is 1.08 bits per heavy atom. The molecule has 128 valence electrons. The first-order valence-corrected chi connectivity index (χ1v) is 9.01.